The van der Waals surface area contributed by atoms with Crippen molar-refractivity contribution in [1.29, 1.82) is 0 Å². The summed E-state index contributed by atoms with van der Waals surface area (Å²) in [5.41, 5.74) is 0.794. The number of nitrogens with zero attached hydrogens (tertiary/aromatic N) is 2. The number of rotatable bonds is 12. The van der Waals surface area contributed by atoms with Gasteiger partial charge in [-0.2, -0.15) is 0 Å². The van der Waals surface area contributed by atoms with Crippen LogP contribution >= 0.6 is 11.8 Å². The van der Waals surface area contributed by atoms with Crippen LogP contribution in [-0.4, -0.2) is 136 Å². The number of nitrogens with one attached hydrogen (secondary N) is 1. The highest BCUT2D eigenvalue weighted by Gasteiger charge is 2.52. The van der Waals surface area contributed by atoms with Crippen LogP contribution in [0.4, 0.5) is 9.18 Å². The van der Waals surface area contributed by atoms with Gasteiger partial charge in [-0.25, -0.2) is 4.79 Å². The van der Waals surface area contributed by atoms with Crippen molar-refractivity contribution in [1.82, 2.24) is 15.1 Å². The molecule has 0 spiro atoms. The van der Waals surface area contributed by atoms with Crippen LogP contribution in [0.5, 0.6) is 0 Å². The van der Waals surface area contributed by atoms with E-state index < -0.39 is 72.1 Å². The van der Waals surface area contributed by atoms with Crippen molar-refractivity contribution in [3.8, 4) is 0 Å². The number of aliphatic hydroxyl groups is 3. The van der Waals surface area contributed by atoms with E-state index in [0.717, 1.165) is 23.3 Å². The van der Waals surface area contributed by atoms with Crippen LogP contribution in [0.3, 0.4) is 0 Å². The van der Waals surface area contributed by atoms with Crippen molar-refractivity contribution in [2.24, 2.45) is 5.92 Å². The van der Waals surface area contributed by atoms with E-state index in [1.54, 1.807) is 37.8 Å². The molecule has 0 radical (unpaired) electrons. The average Bonchev–Trinajstić information content (AvgIpc) is 3.98. The van der Waals surface area contributed by atoms with Gasteiger partial charge in [0.1, 0.15) is 36.1 Å². The van der Waals surface area contributed by atoms with Gasteiger partial charge >= 0.3 is 6.09 Å². The first-order valence-corrected chi connectivity index (χ1v) is 19.5. The van der Waals surface area contributed by atoms with Gasteiger partial charge in [-0.05, 0) is 95.9 Å². The fourth-order valence-corrected chi connectivity index (χ4v) is 8.17. The minimum absolute atomic E-state index is 0.0287. The second-order valence-electron chi connectivity index (χ2n) is 15.3. The lowest BCUT2D eigenvalue weighted by atomic mass is 9.88. The summed E-state index contributed by atoms with van der Waals surface area (Å²) in [5.74, 6) is -0.524. The summed E-state index contributed by atoms with van der Waals surface area (Å²) in [6.07, 6.45) is -0.599. The predicted molar refractivity (Wildman–Crippen MR) is 194 cm³/mol. The Morgan fingerprint density at radius 2 is 1.71 bits per heavy atom. The summed E-state index contributed by atoms with van der Waals surface area (Å²) in [5, 5.41) is 35.8. The smallest absolute Gasteiger partial charge is 0.410 e. The number of benzene rings is 1. The Morgan fingerprint density at radius 1 is 1.02 bits per heavy atom. The van der Waals surface area contributed by atoms with Crippen LogP contribution in [-0.2, 0) is 19.0 Å². The fourth-order valence-electron chi connectivity index (χ4n) is 7.07. The maximum Gasteiger partial charge on any atom is 0.410 e. The molecule has 4 N–H and O–H groups in total. The van der Waals surface area contributed by atoms with Gasteiger partial charge in [0.15, 0.2) is 0 Å². The molecule has 12 nitrogen and oxygen atoms in total. The van der Waals surface area contributed by atoms with Crippen molar-refractivity contribution in [2.45, 2.75) is 131 Å². The minimum atomic E-state index is -1.51. The van der Waals surface area contributed by atoms with Crippen LogP contribution in [0.2, 0.25) is 0 Å². The second kappa shape index (κ2) is 18.1. The molecule has 0 bridgehead atoms. The molecular weight excluding hydrogens is 693 g/mol. The van der Waals surface area contributed by atoms with Gasteiger partial charge in [-0.15, -0.1) is 11.8 Å². The van der Waals surface area contributed by atoms with Crippen molar-refractivity contribution in [3.63, 3.8) is 0 Å². The standard InChI is InChI=1S/C38H56FN3O9S/c1-23(52-27-13-11-26(12-14-27)36(47)41-19-21-49-22-20-41)29(34-32(45)30(43)31(44)33(50-34)25-9-10-25)40-35(46)28-15-8-24(7-5-6-17-39)16-18-42(28)37(48)51-38(2,3)4/h8,11-14,23,25,28-34,43-45H,5-7,9-10,15-22H2,1-4H3,(H,40,46)/t23-,28-,29+,30?,31+,32?,33?,34+/m0/s1. The molecule has 52 heavy (non-hydrogen) atoms. The molecule has 4 aliphatic rings. The molecule has 3 heterocycles. The molecule has 2 saturated heterocycles. The number of morpholine rings is 1. The number of amides is 3. The summed E-state index contributed by atoms with van der Waals surface area (Å²) >= 11 is 1.41. The number of alkyl halides is 1. The summed E-state index contributed by atoms with van der Waals surface area (Å²) in [6, 6.07) is 5.37. The van der Waals surface area contributed by atoms with Gasteiger partial charge in [0.05, 0.1) is 32.0 Å². The molecule has 14 heteroatoms. The molecule has 1 saturated carbocycles. The van der Waals surface area contributed by atoms with Gasteiger partial charge in [0, 0.05) is 35.3 Å². The van der Waals surface area contributed by atoms with Gasteiger partial charge in [-0.3, -0.25) is 18.9 Å². The lowest BCUT2D eigenvalue weighted by Crippen LogP contribution is -2.66. The Bertz CT molecular complexity index is 1400. The zero-order valence-electron chi connectivity index (χ0n) is 30.7. The topological polar surface area (TPSA) is 158 Å². The Kier molecular flexibility index (Phi) is 14.0. The van der Waals surface area contributed by atoms with Gasteiger partial charge in [-0.1, -0.05) is 18.6 Å². The zero-order chi connectivity index (χ0) is 37.6. The molecule has 0 aromatic heterocycles. The number of hydrogen-bond acceptors (Lipinski definition) is 10. The first kappa shape index (κ1) is 40.4. The highest BCUT2D eigenvalue weighted by atomic mass is 32.2. The number of aliphatic hydroxyl groups excluding tert-OH is 3. The molecule has 5 rings (SSSR count). The summed E-state index contributed by atoms with van der Waals surface area (Å²) in [7, 11) is 0. The van der Waals surface area contributed by atoms with Crippen LogP contribution in [0.25, 0.3) is 0 Å². The van der Waals surface area contributed by atoms with Crippen LogP contribution in [0.1, 0.15) is 83.0 Å². The van der Waals surface area contributed by atoms with E-state index in [9.17, 15) is 34.1 Å². The fraction of sp³-hybridized carbons (Fsp3) is 0.711. The Hall–Kier alpha value is -2.75. The quantitative estimate of drug-likeness (QED) is 0.141. The normalized spacial score (nSPS) is 28.3. The third kappa shape index (κ3) is 10.5. The van der Waals surface area contributed by atoms with E-state index in [-0.39, 0.29) is 24.8 Å². The number of carbonyl (C=O) groups excluding carboxylic acids is 3. The van der Waals surface area contributed by atoms with E-state index in [1.807, 2.05) is 25.1 Å². The molecule has 3 unspecified atom stereocenters. The second-order valence-corrected chi connectivity index (χ2v) is 16.8. The third-order valence-electron chi connectivity index (χ3n) is 10.2. The maximum atomic E-state index is 14.4. The SMILES string of the molecule is C[C@H](Sc1ccc(C(=O)N2CCOCC2)cc1)[C@@H](NC(=O)[C@@H]1CC=C(CCCCF)CCN1C(=O)OC(C)(C)C)[C@H]1OC(C2CC2)[C@H](O)C(O)C1O. The summed E-state index contributed by atoms with van der Waals surface area (Å²) in [6.45, 7) is 9.05. The first-order valence-electron chi connectivity index (χ1n) is 18.6. The van der Waals surface area contributed by atoms with Crippen molar-refractivity contribution >= 4 is 29.7 Å². The average molecular weight is 750 g/mol. The zero-order valence-corrected chi connectivity index (χ0v) is 31.6. The molecule has 3 amide bonds. The predicted octanol–water partition coefficient (Wildman–Crippen LogP) is 3.85. The number of ether oxygens (including phenoxy) is 3. The van der Waals surface area contributed by atoms with E-state index in [2.05, 4.69) is 5.32 Å². The van der Waals surface area contributed by atoms with Crippen molar-refractivity contribution < 1.29 is 48.3 Å². The summed E-state index contributed by atoms with van der Waals surface area (Å²) < 4.78 is 30.3. The van der Waals surface area contributed by atoms with E-state index in [1.165, 1.54) is 16.7 Å². The van der Waals surface area contributed by atoms with E-state index in [4.69, 9.17) is 14.2 Å². The minimum Gasteiger partial charge on any atom is -0.444 e. The number of carbonyl (C=O) groups is 3. The van der Waals surface area contributed by atoms with Crippen LogP contribution in [0.15, 0.2) is 40.8 Å². The maximum absolute atomic E-state index is 14.4. The molecule has 3 aliphatic heterocycles. The highest BCUT2D eigenvalue weighted by Crippen LogP contribution is 2.41. The summed E-state index contributed by atoms with van der Waals surface area (Å²) in [4.78, 5) is 45.0. The Labute approximate surface area is 310 Å². The van der Waals surface area contributed by atoms with Crippen molar-refractivity contribution in [2.75, 3.05) is 39.5 Å². The largest absolute Gasteiger partial charge is 0.444 e. The van der Waals surface area contributed by atoms with E-state index >= 15 is 0 Å². The lowest BCUT2D eigenvalue weighted by molar-refractivity contribution is -0.233. The lowest BCUT2D eigenvalue weighted by Gasteiger charge is -2.45. The first-order chi connectivity index (χ1) is 24.8. The Balaban J connectivity index is 1.39. The molecule has 1 aromatic rings. The molecular formula is C38H56FN3O9S. The third-order valence-corrected chi connectivity index (χ3v) is 11.4. The van der Waals surface area contributed by atoms with Crippen LogP contribution in [0, 0.1) is 5.92 Å². The molecule has 290 valence electrons. The number of hydrogen-bond donors (Lipinski definition) is 4. The van der Waals surface area contributed by atoms with Gasteiger partial charge in [0.25, 0.3) is 5.91 Å². The molecule has 3 fully saturated rings. The number of thioether (sulfide) groups is 1. The number of halogens is 1. The monoisotopic (exact) mass is 749 g/mol. The molecule has 1 aromatic carbocycles. The highest BCUT2D eigenvalue weighted by molar-refractivity contribution is 8.00. The van der Waals surface area contributed by atoms with Crippen molar-refractivity contribution in [3.05, 3.63) is 41.5 Å². The van der Waals surface area contributed by atoms with Gasteiger partial charge in [0.2, 0.25) is 5.91 Å². The van der Waals surface area contributed by atoms with Crippen LogP contribution < -0.4 is 5.32 Å². The molecule has 8 atom stereocenters. The van der Waals surface area contributed by atoms with E-state index in [0.29, 0.717) is 57.6 Å². The molecule has 1 aliphatic carbocycles. The van der Waals surface area contributed by atoms with Gasteiger partial charge < -0.3 is 39.7 Å². The number of unbranched alkanes of at least 4 members (excludes halogenated alkanes) is 1. The Morgan fingerprint density at radius 3 is 2.35 bits per heavy atom.